The number of carbonyl (C=O) groups is 2. The fourth-order valence-corrected chi connectivity index (χ4v) is 1.52. The molecule has 1 unspecified atom stereocenters. The van der Waals surface area contributed by atoms with Crippen LogP contribution in [-0.2, 0) is 4.79 Å². The Bertz CT molecular complexity index is 436. The van der Waals surface area contributed by atoms with Gasteiger partial charge in [-0.1, -0.05) is 18.5 Å². The number of aliphatic carboxylic acids is 1. The summed E-state index contributed by atoms with van der Waals surface area (Å²) in [6, 6.07) is 3.16. The summed E-state index contributed by atoms with van der Waals surface area (Å²) < 4.78 is 0. The third-order valence-electron chi connectivity index (χ3n) is 2.31. The van der Waals surface area contributed by atoms with Gasteiger partial charge in [-0.3, -0.25) is 9.59 Å². The number of rotatable bonds is 4. The molecule has 6 heteroatoms. The molecule has 5 nitrogen and oxygen atoms in total. The molecule has 0 aromatic carbocycles. The van der Waals surface area contributed by atoms with Gasteiger partial charge >= 0.3 is 5.97 Å². The zero-order valence-electron chi connectivity index (χ0n) is 9.55. The third kappa shape index (κ3) is 3.42. The van der Waals surface area contributed by atoms with Crippen LogP contribution in [0.3, 0.4) is 0 Å². The number of hydrogen-bond acceptors (Lipinski definition) is 3. The van der Waals surface area contributed by atoms with E-state index < -0.39 is 11.9 Å². The fraction of sp³-hybridized carbons (Fsp3) is 0.364. The highest BCUT2D eigenvalue weighted by Gasteiger charge is 2.20. The van der Waals surface area contributed by atoms with Crippen molar-refractivity contribution in [1.82, 2.24) is 9.88 Å². The molecular weight excluding hydrogens is 244 g/mol. The molecule has 17 heavy (non-hydrogen) atoms. The number of pyridine rings is 1. The van der Waals surface area contributed by atoms with Gasteiger partial charge in [0.05, 0.1) is 11.5 Å². The van der Waals surface area contributed by atoms with Crippen LogP contribution >= 0.6 is 11.6 Å². The van der Waals surface area contributed by atoms with Crippen molar-refractivity contribution in [3.63, 3.8) is 0 Å². The number of nitrogens with zero attached hydrogens (tertiary/aromatic N) is 2. The molecule has 1 N–H and O–H groups in total. The fourth-order valence-electron chi connectivity index (χ4n) is 1.32. The van der Waals surface area contributed by atoms with Crippen LogP contribution < -0.4 is 0 Å². The molecule has 1 heterocycles. The summed E-state index contributed by atoms with van der Waals surface area (Å²) in [4.78, 5) is 27.7. The van der Waals surface area contributed by atoms with E-state index in [0.29, 0.717) is 0 Å². The Labute approximate surface area is 104 Å². The molecule has 0 radical (unpaired) electrons. The van der Waals surface area contributed by atoms with Crippen LogP contribution in [0.25, 0.3) is 0 Å². The standard InChI is InChI=1S/C11H13ClN2O3/c1-7(11(16)17)6-14(2)10(15)8-4-3-5-13-9(8)12/h3-5,7H,6H2,1-2H3,(H,16,17). The molecular formula is C11H13ClN2O3. The molecule has 1 atom stereocenters. The van der Waals surface area contributed by atoms with Gasteiger partial charge in [0.25, 0.3) is 5.91 Å². The van der Waals surface area contributed by atoms with E-state index in [-0.39, 0.29) is 23.2 Å². The van der Waals surface area contributed by atoms with Gasteiger partial charge < -0.3 is 10.0 Å². The van der Waals surface area contributed by atoms with Crippen LogP contribution in [0, 0.1) is 5.92 Å². The van der Waals surface area contributed by atoms with Crippen LogP contribution in [0.15, 0.2) is 18.3 Å². The molecule has 0 spiro atoms. The molecule has 92 valence electrons. The van der Waals surface area contributed by atoms with Crippen LogP contribution in [-0.4, -0.2) is 40.5 Å². The minimum atomic E-state index is -0.943. The first-order valence-corrected chi connectivity index (χ1v) is 5.40. The van der Waals surface area contributed by atoms with E-state index in [1.54, 1.807) is 12.1 Å². The van der Waals surface area contributed by atoms with Crippen LogP contribution in [0.2, 0.25) is 5.15 Å². The molecule has 0 fully saturated rings. The van der Waals surface area contributed by atoms with Crippen molar-refractivity contribution in [1.29, 1.82) is 0 Å². The third-order valence-corrected chi connectivity index (χ3v) is 2.61. The SMILES string of the molecule is CC(CN(C)C(=O)c1cccnc1Cl)C(=O)O. The molecule has 1 amide bonds. The van der Waals surface area contributed by atoms with Gasteiger partial charge in [-0.25, -0.2) is 4.98 Å². The van der Waals surface area contributed by atoms with Gasteiger partial charge in [-0.05, 0) is 12.1 Å². The first-order valence-electron chi connectivity index (χ1n) is 5.02. The van der Waals surface area contributed by atoms with E-state index in [9.17, 15) is 9.59 Å². The van der Waals surface area contributed by atoms with E-state index in [0.717, 1.165) is 0 Å². The molecule has 1 rings (SSSR count). The number of halogens is 1. The second-order valence-electron chi connectivity index (χ2n) is 3.77. The van der Waals surface area contributed by atoms with Crippen LogP contribution in [0.1, 0.15) is 17.3 Å². The Morgan fingerprint density at radius 3 is 2.76 bits per heavy atom. The first-order chi connectivity index (χ1) is 7.93. The van der Waals surface area contributed by atoms with Crippen molar-refractivity contribution in [2.24, 2.45) is 5.92 Å². The lowest BCUT2D eigenvalue weighted by Crippen LogP contribution is -2.33. The van der Waals surface area contributed by atoms with Crippen LogP contribution in [0.5, 0.6) is 0 Å². The van der Waals surface area contributed by atoms with Gasteiger partial charge in [0, 0.05) is 19.8 Å². The maximum Gasteiger partial charge on any atom is 0.308 e. The van der Waals surface area contributed by atoms with Crippen molar-refractivity contribution in [3.05, 3.63) is 29.0 Å². The summed E-state index contributed by atoms with van der Waals surface area (Å²) in [5.41, 5.74) is 0.272. The number of hydrogen-bond donors (Lipinski definition) is 1. The van der Waals surface area contributed by atoms with Gasteiger partial charge in [0.15, 0.2) is 0 Å². The minimum Gasteiger partial charge on any atom is -0.481 e. The second-order valence-corrected chi connectivity index (χ2v) is 4.12. The Morgan fingerprint density at radius 2 is 2.24 bits per heavy atom. The summed E-state index contributed by atoms with van der Waals surface area (Å²) in [6.07, 6.45) is 1.49. The summed E-state index contributed by atoms with van der Waals surface area (Å²) in [7, 11) is 1.53. The topological polar surface area (TPSA) is 70.5 Å². The maximum absolute atomic E-state index is 11.9. The average molecular weight is 257 g/mol. The monoisotopic (exact) mass is 256 g/mol. The second kappa shape index (κ2) is 5.63. The molecule has 1 aromatic heterocycles. The predicted molar refractivity (Wildman–Crippen MR) is 63.0 cm³/mol. The quantitative estimate of drug-likeness (QED) is 0.830. The van der Waals surface area contributed by atoms with Gasteiger partial charge in [0.1, 0.15) is 5.15 Å². The molecule has 0 saturated heterocycles. The largest absolute Gasteiger partial charge is 0.481 e. The lowest BCUT2D eigenvalue weighted by Gasteiger charge is -2.19. The smallest absolute Gasteiger partial charge is 0.308 e. The Hall–Kier alpha value is -1.62. The molecule has 0 aliphatic carbocycles. The van der Waals surface area contributed by atoms with Gasteiger partial charge in [-0.2, -0.15) is 0 Å². The zero-order chi connectivity index (χ0) is 13.0. The van der Waals surface area contributed by atoms with Crippen molar-refractivity contribution < 1.29 is 14.7 Å². The molecule has 0 aliphatic rings. The predicted octanol–water partition coefficient (Wildman–Crippen LogP) is 1.53. The van der Waals surface area contributed by atoms with E-state index in [2.05, 4.69) is 4.98 Å². The molecule has 0 aliphatic heterocycles. The summed E-state index contributed by atoms with van der Waals surface area (Å²) in [6.45, 7) is 1.66. The summed E-state index contributed by atoms with van der Waals surface area (Å²) in [5, 5.41) is 8.88. The highest BCUT2D eigenvalue weighted by molar-refractivity contribution is 6.32. The van der Waals surface area contributed by atoms with E-state index in [1.807, 2.05) is 0 Å². The van der Waals surface area contributed by atoms with Gasteiger partial charge in [-0.15, -0.1) is 0 Å². The van der Waals surface area contributed by atoms with Crippen LogP contribution in [0.4, 0.5) is 0 Å². The van der Waals surface area contributed by atoms with Gasteiger partial charge in [0.2, 0.25) is 0 Å². The van der Waals surface area contributed by atoms with E-state index in [1.165, 1.54) is 25.1 Å². The molecule has 0 saturated carbocycles. The normalized spacial score (nSPS) is 11.9. The lowest BCUT2D eigenvalue weighted by atomic mass is 10.1. The number of amides is 1. The first kappa shape index (κ1) is 13.4. The lowest BCUT2D eigenvalue weighted by molar-refractivity contribution is -0.141. The summed E-state index contributed by atoms with van der Waals surface area (Å²) in [5.74, 6) is -1.91. The van der Waals surface area contributed by atoms with Crippen molar-refractivity contribution >= 4 is 23.5 Å². The zero-order valence-corrected chi connectivity index (χ0v) is 10.3. The number of aromatic nitrogens is 1. The number of carboxylic acid groups (broad SMARTS) is 1. The Balaban J connectivity index is 2.77. The van der Waals surface area contributed by atoms with Crippen molar-refractivity contribution in [3.8, 4) is 0 Å². The average Bonchev–Trinajstić information content (AvgIpc) is 2.28. The Morgan fingerprint density at radius 1 is 1.59 bits per heavy atom. The van der Waals surface area contributed by atoms with Crippen molar-refractivity contribution in [2.45, 2.75) is 6.92 Å². The Kier molecular flexibility index (Phi) is 4.45. The maximum atomic E-state index is 11.9. The number of carboxylic acids is 1. The molecule has 0 bridgehead atoms. The minimum absolute atomic E-state index is 0.118. The van der Waals surface area contributed by atoms with E-state index in [4.69, 9.17) is 16.7 Å². The number of carbonyl (C=O) groups excluding carboxylic acids is 1. The highest BCUT2D eigenvalue weighted by Crippen LogP contribution is 2.14. The highest BCUT2D eigenvalue weighted by atomic mass is 35.5. The van der Waals surface area contributed by atoms with E-state index >= 15 is 0 Å². The van der Waals surface area contributed by atoms with Crippen molar-refractivity contribution in [2.75, 3.05) is 13.6 Å². The molecule has 1 aromatic rings. The summed E-state index contributed by atoms with van der Waals surface area (Å²) >= 11 is 5.79.